The number of nitro benzene ring substituents is 1. The van der Waals surface area contributed by atoms with E-state index in [9.17, 15) is 28.1 Å². The molecule has 0 saturated heterocycles. The van der Waals surface area contributed by atoms with Crippen LogP contribution in [-0.2, 0) is 32.6 Å². The molecule has 0 aromatic heterocycles. The van der Waals surface area contributed by atoms with Crippen molar-refractivity contribution < 1.29 is 32.1 Å². The number of nitro groups is 1. The van der Waals surface area contributed by atoms with Crippen molar-refractivity contribution in [1.82, 2.24) is 10.2 Å². The van der Waals surface area contributed by atoms with Crippen molar-refractivity contribution in [2.75, 3.05) is 24.5 Å². The minimum atomic E-state index is -4.61. The fourth-order valence-electron chi connectivity index (χ4n) is 5.08. The molecule has 4 rings (SSSR count). The lowest BCUT2D eigenvalue weighted by molar-refractivity contribution is -0.385. The summed E-state index contributed by atoms with van der Waals surface area (Å²) >= 11 is 0. The van der Waals surface area contributed by atoms with E-state index < -0.39 is 55.7 Å². The molecule has 0 unspecified atom stereocenters. The minimum Gasteiger partial charge on any atom is -0.497 e. The number of carbonyl (C=O) groups excluding carboxylic acids is 2. The fraction of sp³-hybridized carbons (Fsp3) is 0.257. The van der Waals surface area contributed by atoms with Crippen LogP contribution in [0, 0.1) is 22.9 Å². The van der Waals surface area contributed by atoms with Crippen LogP contribution in [0.2, 0.25) is 0 Å². The Morgan fingerprint density at radius 1 is 0.979 bits per heavy atom. The summed E-state index contributed by atoms with van der Waals surface area (Å²) in [5.74, 6) is -1.47. The molecule has 0 heterocycles. The molecule has 4 aromatic rings. The smallest absolute Gasteiger partial charge is 0.273 e. The summed E-state index contributed by atoms with van der Waals surface area (Å²) in [6.07, 6.45) is 0.688. The lowest BCUT2D eigenvalue weighted by Gasteiger charge is -2.34. The van der Waals surface area contributed by atoms with Crippen molar-refractivity contribution in [3.63, 3.8) is 0 Å². The molecule has 252 valence electrons. The Balaban J connectivity index is 1.84. The maximum atomic E-state index is 15.0. The molecule has 1 atom stereocenters. The van der Waals surface area contributed by atoms with Gasteiger partial charge in [-0.15, -0.1) is 0 Å². The summed E-state index contributed by atoms with van der Waals surface area (Å²) in [4.78, 5) is 39.9. The van der Waals surface area contributed by atoms with Gasteiger partial charge >= 0.3 is 0 Å². The van der Waals surface area contributed by atoms with E-state index >= 15 is 4.39 Å². The second-order valence-corrected chi connectivity index (χ2v) is 12.9. The largest absolute Gasteiger partial charge is 0.497 e. The number of benzene rings is 4. The van der Waals surface area contributed by atoms with Gasteiger partial charge < -0.3 is 15.0 Å². The molecule has 0 fully saturated rings. The Hall–Kier alpha value is -5.30. The number of methoxy groups -OCH3 is 1. The zero-order chi connectivity index (χ0) is 34.8. The van der Waals surface area contributed by atoms with Crippen molar-refractivity contribution in [2.24, 2.45) is 0 Å². The van der Waals surface area contributed by atoms with E-state index in [1.165, 1.54) is 73.5 Å². The van der Waals surface area contributed by atoms with Gasteiger partial charge in [0.2, 0.25) is 11.8 Å². The van der Waals surface area contributed by atoms with Crippen molar-refractivity contribution in [1.29, 1.82) is 0 Å². The van der Waals surface area contributed by atoms with Gasteiger partial charge in [0.15, 0.2) is 0 Å². The highest BCUT2D eigenvalue weighted by Gasteiger charge is 2.35. The van der Waals surface area contributed by atoms with E-state index in [0.717, 1.165) is 15.9 Å². The number of rotatable bonds is 15. The number of amides is 2. The molecule has 2 amide bonds. The van der Waals surface area contributed by atoms with Crippen LogP contribution in [0.25, 0.3) is 0 Å². The molecular formula is C35H37FN4O7S. The third kappa shape index (κ3) is 8.53. The normalized spacial score (nSPS) is 11.8. The van der Waals surface area contributed by atoms with E-state index in [-0.39, 0.29) is 29.8 Å². The van der Waals surface area contributed by atoms with Crippen LogP contribution in [0.1, 0.15) is 30.0 Å². The van der Waals surface area contributed by atoms with Gasteiger partial charge in [-0.1, -0.05) is 61.5 Å². The summed E-state index contributed by atoms with van der Waals surface area (Å²) < 4.78 is 49.6. The molecule has 4 aromatic carbocycles. The molecule has 11 nitrogen and oxygen atoms in total. The Morgan fingerprint density at radius 3 is 2.27 bits per heavy atom. The molecule has 1 N–H and O–H groups in total. The van der Waals surface area contributed by atoms with Crippen LogP contribution >= 0.6 is 0 Å². The van der Waals surface area contributed by atoms with E-state index in [4.69, 9.17) is 4.74 Å². The Kier molecular flexibility index (Phi) is 11.9. The quantitative estimate of drug-likeness (QED) is 0.131. The zero-order valence-corrected chi connectivity index (χ0v) is 27.7. The second-order valence-electron chi connectivity index (χ2n) is 11.0. The van der Waals surface area contributed by atoms with Gasteiger partial charge in [0.25, 0.3) is 15.7 Å². The first-order valence-corrected chi connectivity index (χ1v) is 16.7. The van der Waals surface area contributed by atoms with Gasteiger partial charge in [0.05, 0.1) is 22.6 Å². The van der Waals surface area contributed by atoms with Crippen LogP contribution in [0.4, 0.5) is 15.8 Å². The summed E-state index contributed by atoms with van der Waals surface area (Å²) in [5.41, 5.74) is 0.762. The van der Waals surface area contributed by atoms with E-state index in [1.807, 2.05) is 13.0 Å². The van der Waals surface area contributed by atoms with Gasteiger partial charge in [-0.25, -0.2) is 12.8 Å². The van der Waals surface area contributed by atoms with Gasteiger partial charge in [-0.05, 0) is 55.3 Å². The first-order chi connectivity index (χ1) is 23.0. The average molecular weight is 677 g/mol. The first-order valence-electron chi connectivity index (χ1n) is 15.2. The van der Waals surface area contributed by atoms with Crippen molar-refractivity contribution in [3.8, 4) is 5.75 Å². The summed E-state index contributed by atoms with van der Waals surface area (Å²) in [6, 6.07) is 23.0. The molecule has 48 heavy (non-hydrogen) atoms. The van der Waals surface area contributed by atoms with Crippen LogP contribution in [0.3, 0.4) is 0 Å². The molecule has 0 radical (unpaired) electrons. The highest BCUT2D eigenvalue weighted by molar-refractivity contribution is 7.92. The van der Waals surface area contributed by atoms with E-state index in [2.05, 4.69) is 5.32 Å². The highest BCUT2D eigenvalue weighted by atomic mass is 32.2. The van der Waals surface area contributed by atoms with Gasteiger partial charge in [0, 0.05) is 36.7 Å². The minimum absolute atomic E-state index is 0.0632. The molecule has 0 bridgehead atoms. The van der Waals surface area contributed by atoms with Gasteiger partial charge in [-0.2, -0.15) is 0 Å². The summed E-state index contributed by atoms with van der Waals surface area (Å²) in [6.45, 7) is 2.54. The number of hydrogen-bond donors (Lipinski definition) is 1. The molecule has 0 aliphatic carbocycles. The number of halogens is 1. The second kappa shape index (κ2) is 16.0. The Bertz CT molecular complexity index is 1850. The van der Waals surface area contributed by atoms with Crippen LogP contribution < -0.4 is 14.4 Å². The monoisotopic (exact) mass is 676 g/mol. The van der Waals surface area contributed by atoms with Gasteiger partial charge in [0.1, 0.15) is 24.2 Å². The summed E-state index contributed by atoms with van der Waals surface area (Å²) in [5, 5.41) is 14.5. The van der Waals surface area contributed by atoms with Crippen molar-refractivity contribution in [2.45, 2.75) is 44.2 Å². The van der Waals surface area contributed by atoms with Crippen LogP contribution in [0.15, 0.2) is 102 Å². The van der Waals surface area contributed by atoms with E-state index in [1.54, 1.807) is 30.3 Å². The third-order valence-corrected chi connectivity index (χ3v) is 9.49. The van der Waals surface area contributed by atoms with Crippen LogP contribution in [-0.4, -0.2) is 56.3 Å². The zero-order valence-electron chi connectivity index (χ0n) is 26.8. The molecule has 0 spiro atoms. The fourth-order valence-corrected chi connectivity index (χ4v) is 6.52. The lowest BCUT2D eigenvalue weighted by Crippen LogP contribution is -2.53. The average Bonchev–Trinajstić information content (AvgIpc) is 3.08. The number of hydrogen-bond acceptors (Lipinski definition) is 7. The number of nitrogens with zero attached hydrogens (tertiary/aromatic N) is 3. The van der Waals surface area contributed by atoms with Crippen molar-refractivity contribution >= 4 is 33.2 Å². The molecule has 0 aliphatic heterocycles. The molecular weight excluding hydrogens is 639 g/mol. The number of ether oxygens (including phenoxy) is 1. The SMILES string of the molecule is CCCNC(=O)[C@@H](Cc1ccccc1)N(Cc1ccccc1F)C(=O)CN(c1ccc(OC)cc1)S(=O)(=O)c1ccc(C)c([N+](=O)[O-])c1. The number of aryl methyl sites for hydroxylation is 1. The van der Waals surface area contributed by atoms with Crippen LogP contribution in [0.5, 0.6) is 5.75 Å². The number of anilines is 1. The molecule has 13 heteroatoms. The molecule has 0 saturated carbocycles. The van der Waals surface area contributed by atoms with E-state index in [0.29, 0.717) is 18.7 Å². The predicted molar refractivity (Wildman–Crippen MR) is 180 cm³/mol. The van der Waals surface area contributed by atoms with Gasteiger partial charge in [-0.3, -0.25) is 24.0 Å². The number of carbonyl (C=O) groups is 2. The number of sulfonamides is 1. The highest BCUT2D eigenvalue weighted by Crippen LogP contribution is 2.30. The third-order valence-electron chi connectivity index (χ3n) is 7.72. The first kappa shape index (κ1) is 35.6. The summed E-state index contributed by atoms with van der Waals surface area (Å²) in [7, 11) is -3.17. The topological polar surface area (TPSA) is 139 Å². The lowest BCUT2D eigenvalue weighted by atomic mass is 10.0. The standard InChI is InChI=1S/C35H37FN4O7S/c1-4-20-37-35(42)33(21-26-10-6-5-7-11-26)38(23-27-12-8-9-13-31(27)36)34(41)24-39(28-15-17-29(47-3)18-16-28)48(45,46)30-19-14-25(2)32(22-30)40(43)44/h5-19,22,33H,4,20-21,23-24H2,1-3H3,(H,37,42)/t33-/m1/s1. The predicted octanol–water partition coefficient (Wildman–Crippen LogP) is 5.41. The number of nitrogens with one attached hydrogen (secondary N) is 1. The maximum Gasteiger partial charge on any atom is 0.273 e. The Morgan fingerprint density at radius 2 is 1.65 bits per heavy atom. The van der Waals surface area contributed by atoms with Crippen molar-refractivity contribution in [3.05, 3.63) is 130 Å². The Labute approximate surface area is 279 Å². The maximum absolute atomic E-state index is 15.0. The molecule has 0 aliphatic rings.